The summed E-state index contributed by atoms with van der Waals surface area (Å²) in [6, 6.07) is 67.7. The Bertz CT molecular complexity index is 3000. The van der Waals surface area contributed by atoms with Crippen molar-refractivity contribution in [3.63, 3.8) is 0 Å². The van der Waals surface area contributed by atoms with Crippen LogP contribution in [0.3, 0.4) is 0 Å². The van der Waals surface area contributed by atoms with Gasteiger partial charge in [-0.1, -0.05) is 157 Å². The standard InChI is InChI=1S/C57H50N2/c1-37(2)39-25-29-43(30-26-39)58(41-17-9-7-10-18-41)45-33-34-50-51(35-45)46-21-13-15-23-48(46)55-54-49-24-16-14-22-47(49)53(36-52(54)57(5,6)56(50)55)59(42-19-11-8-12-20-42)44-31-27-40(28-32-44)38(3)4/h7-38H,1-6H3. The van der Waals surface area contributed by atoms with Gasteiger partial charge in [0.25, 0.3) is 0 Å². The average molecular weight is 763 g/mol. The molecule has 0 spiro atoms. The van der Waals surface area contributed by atoms with Crippen LogP contribution < -0.4 is 9.80 Å². The normalized spacial score (nSPS) is 13.0. The zero-order valence-electron chi connectivity index (χ0n) is 34.9. The fraction of sp³-hybridized carbons (Fsp3) is 0.158. The lowest BCUT2D eigenvalue weighted by atomic mass is 9.79. The van der Waals surface area contributed by atoms with Crippen LogP contribution in [0.4, 0.5) is 34.1 Å². The highest BCUT2D eigenvalue weighted by Gasteiger charge is 2.40. The second kappa shape index (κ2) is 14.3. The first kappa shape index (κ1) is 36.7. The van der Waals surface area contributed by atoms with Crippen molar-refractivity contribution in [1.29, 1.82) is 0 Å². The summed E-state index contributed by atoms with van der Waals surface area (Å²) >= 11 is 0. The number of hydrogen-bond donors (Lipinski definition) is 0. The molecule has 0 heterocycles. The first-order chi connectivity index (χ1) is 28.7. The molecule has 0 N–H and O–H groups in total. The first-order valence-electron chi connectivity index (χ1n) is 21.2. The van der Waals surface area contributed by atoms with Crippen LogP contribution in [0.5, 0.6) is 0 Å². The molecule has 0 amide bonds. The van der Waals surface area contributed by atoms with Crippen molar-refractivity contribution >= 4 is 66.4 Å². The summed E-state index contributed by atoms with van der Waals surface area (Å²) in [7, 11) is 0. The maximum Gasteiger partial charge on any atom is 0.0543 e. The van der Waals surface area contributed by atoms with Gasteiger partial charge in [0, 0.05) is 39.2 Å². The van der Waals surface area contributed by atoms with Gasteiger partial charge >= 0.3 is 0 Å². The van der Waals surface area contributed by atoms with Gasteiger partial charge in [-0.25, -0.2) is 0 Å². The smallest absolute Gasteiger partial charge is 0.0543 e. The molecule has 2 nitrogen and oxygen atoms in total. The Labute approximate surface area is 349 Å². The van der Waals surface area contributed by atoms with Gasteiger partial charge in [-0.15, -0.1) is 0 Å². The van der Waals surface area contributed by atoms with Crippen molar-refractivity contribution in [3.05, 3.63) is 204 Å². The predicted molar refractivity (Wildman–Crippen MR) is 254 cm³/mol. The second-order valence-corrected chi connectivity index (χ2v) is 17.3. The molecule has 2 heteroatoms. The zero-order valence-corrected chi connectivity index (χ0v) is 34.9. The highest BCUT2D eigenvalue weighted by Crippen LogP contribution is 2.59. The number of anilines is 6. The van der Waals surface area contributed by atoms with Crippen LogP contribution in [0.15, 0.2) is 182 Å². The number of hydrogen-bond acceptors (Lipinski definition) is 2. The molecule has 0 unspecified atom stereocenters. The topological polar surface area (TPSA) is 6.48 Å². The van der Waals surface area contributed by atoms with Crippen LogP contribution in [-0.4, -0.2) is 0 Å². The van der Waals surface area contributed by atoms with Crippen molar-refractivity contribution < 1.29 is 0 Å². The minimum Gasteiger partial charge on any atom is -0.310 e. The molecule has 0 saturated heterocycles. The zero-order chi connectivity index (χ0) is 40.4. The molecule has 1 aliphatic carbocycles. The van der Waals surface area contributed by atoms with E-state index in [0.29, 0.717) is 11.8 Å². The summed E-state index contributed by atoms with van der Waals surface area (Å²) in [6.45, 7) is 13.9. The van der Waals surface area contributed by atoms with Gasteiger partial charge in [0.2, 0.25) is 0 Å². The van der Waals surface area contributed by atoms with Crippen LogP contribution in [0.25, 0.3) is 43.4 Å². The molecule has 9 aromatic rings. The third kappa shape index (κ3) is 6.00. The van der Waals surface area contributed by atoms with Gasteiger partial charge in [0.1, 0.15) is 0 Å². The lowest BCUT2D eigenvalue weighted by Gasteiger charge is -2.30. The number of benzene rings is 9. The summed E-state index contributed by atoms with van der Waals surface area (Å²) in [4.78, 5) is 4.86. The Kier molecular flexibility index (Phi) is 8.91. The van der Waals surface area contributed by atoms with E-state index in [1.54, 1.807) is 0 Å². The summed E-state index contributed by atoms with van der Waals surface area (Å²) in [5.41, 5.74) is 14.8. The Morgan fingerprint density at radius 1 is 0.356 bits per heavy atom. The minimum atomic E-state index is -0.289. The quantitative estimate of drug-likeness (QED) is 0.142. The molecular weight excluding hydrogens is 713 g/mol. The van der Waals surface area contributed by atoms with Crippen molar-refractivity contribution in [2.75, 3.05) is 9.80 Å². The van der Waals surface area contributed by atoms with E-state index in [9.17, 15) is 0 Å². The molecule has 0 saturated carbocycles. The summed E-state index contributed by atoms with van der Waals surface area (Å²) in [5, 5.41) is 7.69. The number of para-hydroxylation sites is 2. The fourth-order valence-corrected chi connectivity index (χ4v) is 9.71. The van der Waals surface area contributed by atoms with Gasteiger partial charge in [-0.2, -0.15) is 0 Å². The van der Waals surface area contributed by atoms with E-state index in [4.69, 9.17) is 0 Å². The van der Waals surface area contributed by atoms with E-state index in [1.165, 1.54) is 71.4 Å². The van der Waals surface area contributed by atoms with Gasteiger partial charge in [0.15, 0.2) is 0 Å². The highest BCUT2D eigenvalue weighted by molar-refractivity contribution is 6.23. The largest absolute Gasteiger partial charge is 0.310 e. The SMILES string of the molecule is CC(C)c1ccc(N(c2ccccc2)c2ccc3c4c(c5ccccc5c3c2)-c2c(cc(N(c3ccccc3)c3ccc(C(C)C)cc3)c3ccccc23)C4(C)C)cc1. The van der Waals surface area contributed by atoms with E-state index in [0.717, 1.165) is 28.4 Å². The molecule has 0 radical (unpaired) electrons. The molecule has 9 aromatic carbocycles. The Morgan fingerprint density at radius 3 is 1.36 bits per heavy atom. The van der Waals surface area contributed by atoms with Crippen LogP contribution in [0, 0.1) is 0 Å². The second-order valence-electron chi connectivity index (χ2n) is 17.3. The summed E-state index contributed by atoms with van der Waals surface area (Å²) < 4.78 is 0. The monoisotopic (exact) mass is 762 g/mol. The van der Waals surface area contributed by atoms with E-state index in [1.807, 2.05) is 0 Å². The molecule has 10 rings (SSSR count). The molecule has 0 bridgehead atoms. The third-order valence-corrected chi connectivity index (χ3v) is 12.7. The predicted octanol–water partition coefficient (Wildman–Crippen LogP) is 16.6. The van der Waals surface area contributed by atoms with E-state index >= 15 is 0 Å². The van der Waals surface area contributed by atoms with Crippen molar-refractivity contribution in [2.45, 2.75) is 58.8 Å². The van der Waals surface area contributed by atoms with Crippen LogP contribution >= 0.6 is 0 Å². The minimum absolute atomic E-state index is 0.289. The first-order valence-corrected chi connectivity index (χ1v) is 21.2. The maximum absolute atomic E-state index is 2.51. The molecule has 59 heavy (non-hydrogen) atoms. The van der Waals surface area contributed by atoms with Crippen molar-refractivity contribution in [2.24, 2.45) is 0 Å². The molecule has 0 aliphatic heterocycles. The molecule has 0 aromatic heterocycles. The molecule has 288 valence electrons. The van der Waals surface area contributed by atoms with E-state index < -0.39 is 0 Å². The van der Waals surface area contributed by atoms with Crippen LogP contribution in [0.1, 0.15) is 75.6 Å². The van der Waals surface area contributed by atoms with Crippen LogP contribution in [-0.2, 0) is 5.41 Å². The van der Waals surface area contributed by atoms with E-state index in [-0.39, 0.29) is 5.41 Å². The van der Waals surface area contributed by atoms with Crippen molar-refractivity contribution in [3.8, 4) is 11.1 Å². The molecule has 1 aliphatic rings. The van der Waals surface area contributed by atoms with Gasteiger partial charge < -0.3 is 9.80 Å². The fourth-order valence-electron chi connectivity index (χ4n) is 9.71. The molecule has 0 fully saturated rings. The third-order valence-electron chi connectivity index (χ3n) is 12.7. The average Bonchev–Trinajstić information content (AvgIpc) is 3.51. The summed E-state index contributed by atoms with van der Waals surface area (Å²) in [6.07, 6.45) is 0. The Morgan fingerprint density at radius 2 is 0.797 bits per heavy atom. The lowest BCUT2D eigenvalue weighted by molar-refractivity contribution is 0.667. The van der Waals surface area contributed by atoms with Gasteiger partial charge in [-0.05, 0) is 139 Å². The number of nitrogens with zero attached hydrogens (tertiary/aromatic N) is 2. The highest BCUT2D eigenvalue weighted by atomic mass is 15.1. The van der Waals surface area contributed by atoms with Gasteiger partial charge in [0.05, 0.1) is 5.69 Å². The lowest BCUT2D eigenvalue weighted by Crippen LogP contribution is -2.17. The van der Waals surface area contributed by atoms with Crippen molar-refractivity contribution in [1.82, 2.24) is 0 Å². The van der Waals surface area contributed by atoms with E-state index in [2.05, 4.69) is 233 Å². The van der Waals surface area contributed by atoms with Crippen LogP contribution in [0.2, 0.25) is 0 Å². The number of rotatable bonds is 8. The maximum atomic E-state index is 2.51. The van der Waals surface area contributed by atoms with Gasteiger partial charge in [-0.3, -0.25) is 0 Å². The Balaban J connectivity index is 1.22. The Hall–Kier alpha value is -6.64. The summed E-state index contributed by atoms with van der Waals surface area (Å²) in [5.74, 6) is 0.939. The number of fused-ring (bicyclic) bond motifs is 10. The molecule has 0 atom stereocenters. The molecular formula is C57H50N2.